The van der Waals surface area contributed by atoms with Gasteiger partial charge in [0.1, 0.15) is 0 Å². The number of nitrogens with two attached hydrogens (primary N) is 1. The summed E-state index contributed by atoms with van der Waals surface area (Å²) in [6, 6.07) is 2.33. The highest BCUT2D eigenvalue weighted by atomic mass is 32.1. The highest BCUT2D eigenvalue weighted by molar-refractivity contribution is 7.07. The van der Waals surface area contributed by atoms with Gasteiger partial charge in [-0.3, -0.25) is 4.79 Å². The second kappa shape index (κ2) is 6.66. The topological polar surface area (TPSA) is 55.1 Å². The van der Waals surface area contributed by atoms with Crippen LogP contribution in [0.3, 0.4) is 0 Å². The summed E-state index contributed by atoms with van der Waals surface area (Å²) in [7, 11) is 0. The Morgan fingerprint density at radius 3 is 2.88 bits per heavy atom. The molecule has 0 radical (unpaired) electrons. The fourth-order valence-corrected chi connectivity index (χ4v) is 2.26. The molecule has 0 aliphatic rings. The Labute approximate surface area is 101 Å². The average molecular weight is 240 g/mol. The van der Waals surface area contributed by atoms with Crippen molar-refractivity contribution in [1.29, 1.82) is 0 Å². The lowest BCUT2D eigenvalue weighted by Gasteiger charge is -2.12. The van der Waals surface area contributed by atoms with Crippen LogP contribution in [0.2, 0.25) is 0 Å². The van der Waals surface area contributed by atoms with E-state index in [1.54, 1.807) is 11.3 Å². The monoisotopic (exact) mass is 240 g/mol. The van der Waals surface area contributed by atoms with E-state index >= 15 is 0 Å². The van der Waals surface area contributed by atoms with E-state index in [1.165, 1.54) is 5.56 Å². The SMILES string of the molecule is CC(N)CCCC(=O)NC(C)c1ccsc1. The number of thiophene rings is 1. The summed E-state index contributed by atoms with van der Waals surface area (Å²) >= 11 is 1.65. The van der Waals surface area contributed by atoms with Crippen LogP contribution in [0.5, 0.6) is 0 Å². The standard InChI is InChI=1S/C12H20N2OS/c1-9(13)4-3-5-12(15)14-10(2)11-6-7-16-8-11/h6-10H,3-5,13H2,1-2H3,(H,14,15). The number of carbonyl (C=O) groups is 1. The normalized spacial score (nSPS) is 14.4. The number of carbonyl (C=O) groups excluding carboxylic acids is 1. The maximum atomic E-state index is 11.6. The lowest BCUT2D eigenvalue weighted by Crippen LogP contribution is -2.26. The molecule has 1 aromatic rings. The summed E-state index contributed by atoms with van der Waals surface area (Å²) in [4.78, 5) is 11.6. The molecule has 2 unspecified atom stereocenters. The van der Waals surface area contributed by atoms with Gasteiger partial charge < -0.3 is 11.1 Å². The van der Waals surface area contributed by atoms with E-state index < -0.39 is 0 Å². The number of rotatable bonds is 6. The molecule has 0 aromatic carbocycles. The Morgan fingerprint density at radius 1 is 1.56 bits per heavy atom. The van der Waals surface area contributed by atoms with Crippen LogP contribution >= 0.6 is 11.3 Å². The summed E-state index contributed by atoms with van der Waals surface area (Å²) in [6.07, 6.45) is 2.33. The minimum Gasteiger partial charge on any atom is -0.350 e. The first-order valence-electron chi connectivity index (χ1n) is 5.66. The van der Waals surface area contributed by atoms with Crippen molar-refractivity contribution in [2.45, 2.75) is 45.2 Å². The van der Waals surface area contributed by atoms with E-state index in [1.807, 2.05) is 25.3 Å². The maximum absolute atomic E-state index is 11.6. The van der Waals surface area contributed by atoms with Gasteiger partial charge in [-0.05, 0) is 49.1 Å². The van der Waals surface area contributed by atoms with Crippen molar-refractivity contribution in [2.24, 2.45) is 5.73 Å². The van der Waals surface area contributed by atoms with Gasteiger partial charge in [-0.2, -0.15) is 11.3 Å². The number of amides is 1. The summed E-state index contributed by atoms with van der Waals surface area (Å²) in [5.74, 6) is 0.111. The van der Waals surface area contributed by atoms with Gasteiger partial charge in [-0.1, -0.05) is 0 Å². The first kappa shape index (κ1) is 13.2. The van der Waals surface area contributed by atoms with E-state index in [-0.39, 0.29) is 18.0 Å². The zero-order valence-electron chi connectivity index (χ0n) is 9.90. The van der Waals surface area contributed by atoms with Crippen LogP contribution < -0.4 is 11.1 Å². The first-order valence-corrected chi connectivity index (χ1v) is 6.61. The first-order chi connectivity index (χ1) is 7.59. The Kier molecular flexibility index (Phi) is 5.49. The Balaban J connectivity index is 2.24. The van der Waals surface area contributed by atoms with Crippen molar-refractivity contribution in [3.63, 3.8) is 0 Å². The Bertz CT molecular complexity index is 309. The van der Waals surface area contributed by atoms with Crippen LogP contribution in [-0.2, 0) is 4.79 Å². The quantitative estimate of drug-likeness (QED) is 0.802. The fourth-order valence-electron chi connectivity index (χ4n) is 1.50. The van der Waals surface area contributed by atoms with Crippen molar-refractivity contribution in [2.75, 3.05) is 0 Å². The van der Waals surface area contributed by atoms with Gasteiger partial charge in [0, 0.05) is 12.5 Å². The number of hydrogen-bond acceptors (Lipinski definition) is 3. The second-order valence-electron chi connectivity index (χ2n) is 4.22. The van der Waals surface area contributed by atoms with Crippen LogP contribution in [-0.4, -0.2) is 11.9 Å². The van der Waals surface area contributed by atoms with Crippen LogP contribution in [0.15, 0.2) is 16.8 Å². The molecule has 1 rings (SSSR count). The van der Waals surface area contributed by atoms with Gasteiger partial charge in [0.2, 0.25) is 5.91 Å². The minimum atomic E-state index is 0.106. The van der Waals surface area contributed by atoms with Gasteiger partial charge in [-0.15, -0.1) is 0 Å². The summed E-state index contributed by atoms with van der Waals surface area (Å²) in [5, 5.41) is 7.07. The van der Waals surface area contributed by atoms with Crippen molar-refractivity contribution in [3.8, 4) is 0 Å². The van der Waals surface area contributed by atoms with Crippen molar-refractivity contribution < 1.29 is 4.79 Å². The molecule has 0 aliphatic heterocycles. The Hall–Kier alpha value is -0.870. The predicted octanol–water partition coefficient (Wildman–Crippen LogP) is 2.44. The van der Waals surface area contributed by atoms with Gasteiger partial charge >= 0.3 is 0 Å². The molecule has 1 heterocycles. The third-order valence-corrected chi connectivity index (χ3v) is 3.19. The van der Waals surface area contributed by atoms with Gasteiger partial charge in [0.15, 0.2) is 0 Å². The summed E-state index contributed by atoms with van der Waals surface area (Å²) in [5.41, 5.74) is 6.80. The zero-order chi connectivity index (χ0) is 12.0. The molecule has 3 N–H and O–H groups in total. The fraction of sp³-hybridized carbons (Fsp3) is 0.583. The van der Waals surface area contributed by atoms with E-state index in [9.17, 15) is 4.79 Å². The van der Waals surface area contributed by atoms with Gasteiger partial charge in [0.05, 0.1) is 6.04 Å². The molecular weight excluding hydrogens is 220 g/mol. The van der Waals surface area contributed by atoms with Crippen LogP contribution in [0, 0.1) is 0 Å². The molecule has 1 amide bonds. The molecule has 0 fully saturated rings. The van der Waals surface area contributed by atoms with Gasteiger partial charge in [0.25, 0.3) is 0 Å². The van der Waals surface area contributed by atoms with Crippen molar-refractivity contribution >= 4 is 17.2 Å². The van der Waals surface area contributed by atoms with Crippen molar-refractivity contribution in [3.05, 3.63) is 22.4 Å². The smallest absolute Gasteiger partial charge is 0.220 e. The third kappa shape index (κ3) is 4.77. The molecule has 0 saturated heterocycles. The summed E-state index contributed by atoms with van der Waals surface area (Å²) < 4.78 is 0. The molecule has 0 aliphatic carbocycles. The maximum Gasteiger partial charge on any atom is 0.220 e. The minimum absolute atomic E-state index is 0.106. The number of hydrogen-bond donors (Lipinski definition) is 2. The molecule has 2 atom stereocenters. The highest BCUT2D eigenvalue weighted by Crippen LogP contribution is 2.15. The molecule has 0 bridgehead atoms. The highest BCUT2D eigenvalue weighted by Gasteiger charge is 2.09. The molecule has 0 saturated carbocycles. The molecular formula is C12H20N2OS. The van der Waals surface area contributed by atoms with E-state index in [2.05, 4.69) is 10.7 Å². The average Bonchev–Trinajstić information content (AvgIpc) is 2.69. The third-order valence-electron chi connectivity index (χ3n) is 2.48. The van der Waals surface area contributed by atoms with Crippen LogP contribution in [0.25, 0.3) is 0 Å². The largest absolute Gasteiger partial charge is 0.350 e. The Morgan fingerprint density at radius 2 is 2.31 bits per heavy atom. The molecule has 0 spiro atoms. The van der Waals surface area contributed by atoms with E-state index in [4.69, 9.17) is 5.73 Å². The van der Waals surface area contributed by atoms with Crippen LogP contribution in [0.1, 0.15) is 44.7 Å². The predicted molar refractivity (Wildman–Crippen MR) is 68.4 cm³/mol. The number of nitrogens with one attached hydrogen (secondary N) is 1. The van der Waals surface area contributed by atoms with E-state index in [0.717, 1.165) is 12.8 Å². The lowest BCUT2D eigenvalue weighted by atomic mass is 10.1. The molecule has 16 heavy (non-hydrogen) atoms. The molecule has 1 aromatic heterocycles. The second-order valence-corrected chi connectivity index (χ2v) is 5.00. The van der Waals surface area contributed by atoms with Gasteiger partial charge in [-0.25, -0.2) is 0 Å². The van der Waals surface area contributed by atoms with Crippen molar-refractivity contribution in [1.82, 2.24) is 5.32 Å². The van der Waals surface area contributed by atoms with Crippen LogP contribution in [0.4, 0.5) is 0 Å². The summed E-state index contributed by atoms with van der Waals surface area (Å²) in [6.45, 7) is 3.97. The lowest BCUT2D eigenvalue weighted by molar-refractivity contribution is -0.121. The molecule has 4 heteroatoms. The van der Waals surface area contributed by atoms with E-state index in [0.29, 0.717) is 6.42 Å². The molecule has 90 valence electrons. The molecule has 3 nitrogen and oxygen atoms in total. The zero-order valence-corrected chi connectivity index (χ0v) is 10.7.